The van der Waals surface area contributed by atoms with Crippen molar-refractivity contribution in [2.75, 3.05) is 20.3 Å². The average molecular weight is 413 g/mol. The molecule has 0 aliphatic carbocycles. The zero-order valence-electron chi connectivity index (χ0n) is 17.0. The fraction of sp³-hybridized carbons (Fsp3) is 0.318. The number of phenols is 1. The second kappa shape index (κ2) is 8.44. The van der Waals surface area contributed by atoms with Crippen LogP contribution in [0.3, 0.4) is 0 Å². The molecule has 8 nitrogen and oxygen atoms in total. The van der Waals surface area contributed by atoms with Gasteiger partial charge in [0.25, 0.3) is 5.91 Å². The Balaban J connectivity index is 1.56. The molecule has 1 heterocycles. The topological polar surface area (TPSA) is 111 Å². The van der Waals surface area contributed by atoms with Crippen LogP contribution in [0.5, 0.6) is 23.0 Å². The minimum absolute atomic E-state index is 0.108. The maximum Gasteiger partial charge on any atom is 0.258 e. The van der Waals surface area contributed by atoms with Crippen LogP contribution in [0.2, 0.25) is 0 Å². The Morgan fingerprint density at radius 1 is 1.17 bits per heavy atom. The Bertz CT molecular complexity index is 980. The highest BCUT2D eigenvalue weighted by Crippen LogP contribution is 2.40. The number of hydrogen-bond donors (Lipinski definition) is 2. The third-order valence-electron chi connectivity index (χ3n) is 4.53. The van der Waals surface area contributed by atoms with Gasteiger partial charge in [-0.2, -0.15) is 0 Å². The van der Waals surface area contributed by atoms with Crippen molar-refractivity contribution in [3.8, 4) is 23.0 Å². The molecule has 1 amide bonds. The van der Waals surface area contributed by atoms with Crippen molar-refractivity contribution in [1.29, 1.82) is 0 Å². The van der Waals surface area contributed by atoms with E-state index in [1.807, 2.05) is 0 Å². The fourth-order valence-corrected chi connectivity index (χ4v) is 3.09. The fourth-order valence-electron chi connectivity index (χ4n) is 3.09. The van der Waals surface area contributed by atoms with Crippen molar-refractivity contribution in [3.63, 3.8) is 0 Å². The van der Waals surface area contributed by atoms with Gasteiger partial charge in [0, 0.05) is 17.7 Å². The quantitative estimate of drug-likeness (QED) is 0.671. The van der Waals surface area contributed by atoms with Crippen LogP contribution in [-0.2, 0) is 4.79 Å². The number of aromatic hydroxyl groups is 1. The minimum Gasteiger partial charge on any atom is -0.507 e. The summed E-state index contributed by atoms with van der Waals surface area (Å²) in [5, 5.41) is 12.6. The van der Waals surface area contributed by atoms with Crippen molar-refractivity contribution in [2.45, 2.75) is 25.9 Å². The summed E-state index contributed by atoms with van der Waals surface area (Å²) in [7, 11) is 1.53. The Hall–Kier alpha value is -3.55. The summed E-state index contributed by atoms with van der Waals surface area (Å²) in [5.74, 6) is -0.239. The van der Waals surface area contributed by atoms with Gasteiger partial charge in [-0.3, -0.25) is 14.4 Å². The molecule has 0 radical (unpaired) electrons. The number of rotatable bonds is 7. The first-order chi connectivity index (χ1) is 14.2. The number of fused-ring (bicyclic) bond motifs is 1. The van der Waals surface area contributed by atoms with Gasteiger partial charge in [0.05, 0.1) is 20.1 Å². The standard InChI is InChI=1S/C22H23NO7/c1-22(2)10-17(25)21-16(24)8-15(9-19(21)30-22)29-12-20(27)23-11-18(26)13-4-6-14(28-3)7-5-13/h4-9,24H,10-12H2,1-3H3,(H,23,27). The lowest BCUT2D eigenvalue weighted by molar-refractivity contribution is -0.122. The third kappa shape index (κ3) is 4.89. The molecule has 0 aromatic heterocycles. The zero-order valence-corrected chi connectivity index (χ0v) is 17.0. The van der Waals surface area contributed by atoms with Gasteiger partial charge in [0.15, 0.2) is 18.2 Å². The molecule has 0 spiro atoms. The van der Waals surface area contributed by atoms with Crippen LogP contribution in [0.1, 0.15) is 41.0 Å². The van der Waals surface area contributed by atoms with E-state index in [0.717, 1.165) is 0 Å². The Morgan fingerprint density at radius 3 is 2.53 bits per heavy atom. The smallest absolute Gasteiger partial charge is 0.258 e. The number of carbonyl (C=O) groups is 3. The van der Waals surface area contributed by atoms with Crippen LogP contribution < -0.4 is 19.5 Å². The number of hydrogen-bond acceptors (Lipinski definition) is 7. The van der Waals surface area contributed by atoms with Crippen LogP contribution in [0, 0.1) is 0 Å². The number of Topliss-reactive ketones (excluding diaryl/α,β-unsaturated/α-hetero) is 2. The highest BCUT2D eigenvalue weighted by Gasteiger charge is 2.35. The van der Waals surface area contributed by atoms with Crippen LogP contribution in [-0.4, -0.2) is 48.4 Å². The molecule has 2 aromatic rings. The number of methoxy groups -OCH3 is 1. The van der Waals surface area contributed by atoms with E-state index in [1.165, 1.54) is 19.2 Å². The number of amides is 1. The summed E-state index contributed by atoms with van der Waals surface area (Å²) in [4.78, 5) is 36.4. The monoisotopic (exact) mass is 413 g/mol. The highest BCUT2D eigenvalue weighted by atomic mass is 16.5. The molecule has 0 saturated heterocycles. The average Bonchev–Trinajstić information content (AvgIpc) is 2.68. The summed E-state index contributed by atoms with van der Waals surface area (Å²) >= 11 is 0. The first-order valence-electron chi connectivity index (χ1n) is 9.34. The van der Waals surface area contributed by atoms with E-state index in [9.17, 15) is 19.5 Å². The second-order valence-electron chi connectivity index (χ2n) is 7.49. The van der Waals surface area contributed by atoms with Crippen LogP contribution >= 0.6 is 0 Å². The molecule has 0 bridgehead atoms. The Labute approximate surface area is 173 Å². The molecule has 1 aliphatic rings. The lowest BCUT2D eigenvalue weighted by atomic mass is 9.92. The molecule has 0 atom stereocenters. The molecule has 8 heteroatoms. The minimum atomic E-state index is -0.700. The van der Waals surface area contributed by atoms with Crippen molar-refractivity contribution >= 4 is 17.5 Å². The summed E-state index contributed by atoms with van der Waals surface area (Å²) < 4.78 is 16.2. The Kier molecular flexibility index (Phi) is 5.96. The van der Waals surface area contributed by atoms with E-state index in [2.05, 4.69) is 5.32 Å². The summed E-state index contributed by atoms with van der Waals surface area (Å²) in [6.07, 6.45) is 0.151. The third-order valence-corrected chi connectivity index (χ3v) is 4.53. The van der Waals surface area contributed by atoms with Gasteiger partial charge >= 0.3 is 0 Å². The van der Waals surface area contributed by atoms with Crippen molar-refractivity contribution in [2.24, 2.45) is 0 Å². The number of benzene rings is 2. The van der Waals surface area contributed by atoms with E-state index < -0.39 is 11.5 Å². The molecule has 2 N–H and O–H groups in total. The maximum atomic E-state index is 12.2. The van der Waals surface area contributed by atoms with E-state index in [0.29, 0.717) is 11.3 Å². The molecule has 0 unspecified atom stereocenters. The number of carbonyl (C=O) groups excluding carboxylic acids is 3. The molecule has 0 fully saturated rings. The van der Waals surface area contributed by atoms with Gasteiger partial charge in [-0.25, -0.2) is 0 Å². The molecule has 2 aromatic carbocycles. The van der Waals surface area contributed by atoms with Crippen molar-refractivity contribution in [1.82, 2.24) is 5.32 Å². The molecular formula is C22H23NO7. The SMILES string of the molecule is COc1ccc(C(=O)CNC(=O)COc2cc(O)c3c(c2)OC(C)(C)CC3=O)cc1. The normalized spacial score (nSPS) is 14.3. The van der Waals surface area contributed by atoms with Gasteiger partial charge in [-0.05, 0) is 38.1 Å². The molecule has 30 heavy (non-hydrogen) atoms. The van der Waals surface area contributed by atoms with E-state index in [-0.39, 0.29) is 54.0 Å². The lowest BCUT2D eigenvalue weighted by Gasteiger charge is -2.32. The summed E-state index contributed by atoms with van der Waals surface area (Å²) in [6, 6.07) is 9.27. The predicted octanol–water partition coefficient (Wildman–Crippen LogP) is 2.52. The molecular weight excluding hydrogens is 390 g/mol. The predicted molar refractivity (Wildman–Crippen MR) is 108 cm³/mol. The van der Waals surface area contributed by atoms with Gasteiger partial charge < -0.3 is 24.6 Å². The van der Waals surface area contributed by atoms with Crippen molar-refractivity contribution in [3.05, 3.63) is 47.5 Å². The zero-order chi connectivity index (χ0) is 21.9. The Morgan fingerprint density at radius 2 is 1.87 bits per heavy atom. The summed E-state index contributed by atoms with van der Waals surface area (Å²) in [5.41, 5.74) is -0.147. The van der Waals surface area contributed by atoms with Gasteiger partial charge in [-0.15, -0.1) is 0 Å². The first kappa shape index (κ1) is 21.2. The van der Waals surface area contributed by atoms with E-state index in [1.54, 1.807) is 38.1 Å². The summed E-state index contributed by atoms with van der Waals surface area (Å²) in [6.45, 7) is 2.98. The molecule has 158 valence electrons. The first-order valence-corrected chi connectivity index (χ1v) is 9.34. The molecule has 1 aliphatic heterocycles. The van der Waals surface area contributed by atoms with Gasteiger partial charge in [0.2, 0.25) is 0 Å². The number of ketones is 2. The van der Waals surface area contributed by atoms with Crippen molar-refractivity contribution < 1.29 is 33.7 Å². The van der Waals surface area contributed by atoms with E-state index >= 15 is 0 Å². The molecule has 0 saturated carbocycles. The number of ether oxygens (including phenoxy) is 3. The number of phenolic OH excluding ortho intramolecular Hbond substituents is 1. The van der Waals surface area contributed by atoms with Gasteiger partial charge in [0.1, 0.15) is 34.2 Å². The maximum absolute atomic E-state index is 12.2. The van der Waals surface area contributed by atoms with Crippen LogP contribution in [0.25, 0.3) is 0 Å². The lowest BCUT2D eigenvalue weighted by Crippen LogP contribution is -2.36. The van der Waals surface area contributed by atoms with E-state index in [4.69, 9.17) is 14.2 Å². The largest absolute Gasteiger partial charge is 0.507 e. The van der Waals surface area contributed by atoms with Gasteiger partial charge in [-0.1, -0.05) is 0 Å². The van der Waals surface area contributed by atoms with Crippen LogP contribution in [0.15, 0.2) is 36.4 Å². The van der Waals surface area contributed by atoms with Crippen LogP contribution in [0.4, 0.5) is 0 Å². The number of nitrogens with one attached hydrogen (secondary N) is 1. The second-order valence-corrected chi connectivity index (χ2v) is 7.49. The highest BCUT2D eigenvalue weighted by molar-refractivity contribution is 6.03. The molecule has 3 rings (SSSR count).